The van der Waals surface area contributed by atoms with Gasteiger partial charge in [0.25, 0.3) is 11.8 Å². The molecule has 2 rings (SSSR count). The Morgan fingerprint density at radius 1 is 1.12 bits per heavy atom. The molecule has 0 bridgehead atoms. The van der Waals surface area contributed by atoms with E-state index in [-0.39, 0.29) is 11.7 Å². The Morgan fingerprint density at radius 3 is 2.50 bits per heavy atom. The molecule has 1 atom stereocenters. The molecule has 0 aliphatic carbocycles. The van der Waals surface area contributed by atoms with E-state index in [1.165, 1.54) is 25.2 Å². The van der Waals surface area contributed by atoms with Crippen molar-refractivity contribution in [1.29, 1.82) is 0 Å². The maximum absolute atomic E-state index is 11.9. The third-order valence-corrected chi connectivity index (χ3v) is 4.24. The van der Waals surface area contributed by atoms with Crippen molar-refractivity contribution in [3.05, 3.63) is 52.2 Å². The van der Waals surface area contributed by atoms with Crippen molar-refractivity contribution in [2.45, 2.75) is 19.9 Å². The molecule has 7 nitrogen and oxygen atoms in total. The fourth-order valence-electron chi connectivity index (χ4n) is 2.08. The Kier molecular flexibility index (Phi) is 6.62. The lowest BCUT2D eigenvalue weighted by atomic mass is 10.1. The number of anilines is 1. The molecule has 0 spiro atoms. The van der Waals surface area contributed by atoms with Crippen LogP contribution >= 0.6 is 11.3 Å². The highest BCUT2D eigenvalue weighted by atomic mass is 32.1. The number of para-hydroxylation sites is 1. The molecule has 1 aromatic carbocycles. The number of Topliss-reactive ketones (excluding diaryl/α,β-unsaturated/α-hetero) is 1. The summed E-state index contributed by atoms with van der Waals surface area (Å²) in [6.45, 7) is 2.34. The molecule has 2 N–H and O–H groups in total. The summed E-state index contributed by atoms with van der Waals surface area (Å²) in [4.78, 5) is 47.7. The minimum absolute atomic E-state index is 0.192. The van der Waals surface area contributed by atoms with Crippen LogP contribution < -0.4 is 10.6 Å². The van der Waals surface area contributed by atoms with Gasteiger partial charge in [-0.15, -0.1) is 11.3 Å². The largest absolute Gasteiger partial charge is 0.454 e. The van der Waals surface area contributed by atoms with Gasteiger partial charge in [-0.05, 0) is 37.4 Å². The van der Waals surface area contributed by atoms with Crippen molar-refractivity contribution < 1.29 is 23.9 Å². The number of thiophene rings is 1. The first kappa shape index (κ1) is 19.3. The second-order valence-electron chi connectivity index (χ2n) is 5.43. The van der Waals surface area contributed by atoms with Crippen LogP contribution in [0.15, 0.2) is 41.8 Å². The summed E-state index contributed by atoms with van der Waals surface area (Å²) in [6, 6.07) is 9.00. The summed E-state index contributed by atoms with van der Waals surface area (Å²) in [6.07, 6.45) is 0. The predicted molar refractivity (Wildman–Crippen MR) is 97.3 cm³/mol. The maximum Gasteiger partial charge on any atom is 0.328 e. The molecular weight excluding hydrogens is 356 g/mol. The van der Waals surface area contributed by atoms with Crippen LogP contribution in [0.5, 0.6) is 0 Å². The van der Waals surface area contributed by atoms with Crippen LogP contribution in [0.3, 0.4) is 0 Å². The highest BCUT2D eigenvalue weighted by molar-refractivity contribution is 7.12. The molecule has 26 heavy (non-hydrogen) atoms. The van der Waals surface area contributed by atoms with Gasteiger partial charge in [-0.2, -0.15) is 0 Å². The molecule has 1 unspecified atom stereocenters. The number of carbonyl (C=O) groups is 4. The maximum atomic E-state index is 11.9. The summed E-state index contributed by atoms with van der Waals surface area (Å²) in [5, 5.41) is 6.78. The third kappa shape index (κ3) is 5.25. The predicted octanol–water partition coefficient (Wildman–Crippen LogP) is 2.25. The van der Waals surface area contributed by atoms with Crippen LogP contribution in [0.2, 0.25) is 0 Å². The van der Waals surface area contributed by atoms with E-state index in [9.17, 15) is 19.2 Å². The first-order chi connectivity index (χ1) is 12.4. The minimum Gasteiger partial charge on any atom is -0.454 e. The molecule has 1 aromatic heterocycles. The summed E-state index contributed by atoms with van der Waals surface area (Å²) < 4.78 is 4.91. The summed E-state index contributed by atoms with van der Waals surface area (Å²) >= 11 is 1.25. The van der Waals surface area contributed by atoms with E-state index in [0.717, 1.165) is 0 Å². The smallest absolute Gasteiger partial charge is 0.328 e. The van der Waals surface area contributed by atoms with E-state index >= 15 is 0 Å². The second-order valence-corrected chi connectivity index (χ2v) is 6.38. The van der Waals surface area contributed by atoms with Crippen LogP contribution in [-0.4, -0.2) is 36.2 Å². The molecule has 2 amide bonds. The van der Waals surface area contributed by atoms with Gasteiger partial charge in [0.15, 0.2) is 12.4 Å². The molecule has 0 radical (unpaired) electrons. The number of benzene rings is 1. The topological polar surface area (TPSA) is 102 Å². The zero-order valence-electron chi connectivity index (χ0n) is 14.3. The third-order valence-electron chi connectivity index (χ3n) is 3.37. The number of hydrogen-bond donors (Lipinski definition) is 2. The van der Waals surface area contributed by atoms with Gasteiger partial charge >= 0.3 is 5.97 Å². The Balaban J connectivity index is 1.84. The summed E-state index contributed by atoms with van der Waals surface area (Å²) in [5.41, 5.74) is 0.712. The Bertz CT molecular complexity index is 817. The molecule has 0 saturated heterocycles. The molecule has 0 aliphatic rings. The van der Waals surface area contributed by atoms with E-state index in [0.29, 0.717) is 16.1 Å². The van der Waals surface area contributed by atoms with E-state index in [4.69, 9.17) is 4.74 Å². The first-order valence-corrected chi connectivity index (χ1v) is 8.67. The number of carbonyl (C=O) groups excluding carboxylic acids is 4. The number of ketones is 1. The molecule has 136 valence electrons. The molecule has 0 fully saturated rings. The van der Waals surface area contributed by atoms with Gasteiger partial charge in [-0.25, -0.2) is 4.79 Å². The van der Waals surface area contributed by atoms with Crippen LogP contribution in [0.4, 0.5) is 5.69 Å². The number of hydrogen-bond acceptors (Lipinski definition) is 6. The van der Waals surface area contributed by atoms with E-state index in [1.54, 1.807) is 41.8 Å². The molecule has 8 heteroatoms. The van der Waals surface area contributed by atoms with Gasteiger partial charge in [0, 0.05) is 5.56 Å². The van der Waals surface area contributed by atoms with Crippen molar-refractivity contribution in [3.63, 3.8) is 0 Å². The van der Waals surface area contributed by atoms with E-state index < -0.39 is 24.5 Å². The van der Waals surface area contributed by atoms with Crippen molar-refractivity contribution in [3.8, 4) is 0 Å². The van der Waals surface area contributed by atoms with Crippen molar-refractivity contribution in [2.24, 2.45) is 0 Å². The quantitative estimate of drug-likeness (QED) is 0.572. The number of nitrogens with one attached hydrogen (secondary N) is 2. The monoisotopic (exact) mass is 374 g/mol. The second kappa shape index (κ2) is 8.91. The van der Waals surface area contributed by atoms with Crippen molar-refractivity contribution in [1.82, 2.24) is 5.32 Å². The van der Waals surface area contributed by atoms with Gasteiger partial charge in [-0.1, -0.05) is 18.2 Å². The molecule has 0 saturated carbocycles. The normalized spacial score (nSPS) is 11.3. The minimum atomic E-state index is -0.901. The van der Waals surface area contributed by atoms with E-state index in [2.05, 4.69) is 10.6 Å². The lowest BCUT2D eigenvalue weighted by molar-refractivity contribution is -0.148. The Hall–Kier alpha value is -3.00. The van der Waals surface area contributed by atoms with Gasteiger partial charge in [0.2, 0.25) is 0 Å². The van der Waals surface area contributed by atoms with Crippen molar-refractivity contribution >= 4 is 40.6 Å². The number of esters is 1. The SMILES string of the molecule is CC(=O)c1ccccc1NC(=O)COC(=O)C(C)NC(=O)c1cccs1. The van der Waals surface area contributed by atoms with Gasteiger partial charge in [0.1, 0.15) is 6.04 Å². The average molecular weight is 374 g/mol. The highest BCUT2D eigenvalue weighted by Gasteiger charge is 2.20. The zero-order valence-corrected chi connectivity index (χ0v) is 15.1. The fourth-order valence-corrected chi connectivity index (χ4v) is 2.71. The van der Waals surface area contributed by atoms with Gasteiger partial charge in [0.05, 0.1) is 10.6 Å². The molecule has 0 aliphatic heterocycles. The highest BCUT2D eigenvalue weighted by Crippen LogP contribution is 2.15. The van der Waals surface area contributed by atoms with Crippen molar-refractivity contribution in [2.75, 3.05) is 11.9 Å². The Labute approximate surface area is 154 Å². The summed E-state index contributed by atoms with van der Waals surface area (Å²) in [5.74, 6) is -1.89. The average Bonchev–Trinajstić information content (AvgIpc) is 3.14. The van der Waals surface area contributed by atoms with Gasteiger partial charge in [-0.3, -0.25) is 14.4 Å². The first-order valence-electron chi connectivity index (χ1n) is 7.79. The summed E-state index contributed by atoms with van der Waals surface area (Å²) in [7, 11) is 0. The lowest BCUT2D eigenvalue weighted by Gasteiger charge is -2.13. The molecular formula is C18H18N2O5S. The fraction of sp³-hybridized carbons (Fsp3) is 0.222. The molecule has 1 heterocycles. The van der Waals surface area contributed by atoms with E-state index in [1.807, 2.05) is 0 Å². The number of ether oxygens (including phenoxy) is 1. The molecule has 2 aromatic rings. The zero-order chi connectivity index (χ0) is 19.1. The van der Waals surface area contributed by atoms with Crippen LogP contribution in [0.1, 0.15) is 33.9 Å². The standard InChI is InChI=1S/C18H18N2O5S/c1-11(19-17(23)15-8-5-9-26-15)18(24)25-10-16(22)20-14-7-4-3-6-13(14)12(2)21/h3-9,11H,10H2,1-2H3,(H,19,23)(H,20,22). The van der Waals surface area contributed by atoms with Crippen LogP contribution in [-0.2, 0) is 14.3 Å². The number of rotatable bonds is 7. The van der Waals surface area contributed by atoms with Gasteiger partial charge < -0.3 is 15.4 Å². The lowest BCUT2D eigenvalue weighted by Crippen LogP contribution is -2.40. The van der Waals surface area contributed by atoms with Crippen LogP contribution in [0.25, 0.3) is 0 Å². The number of amides is 2. The Morgan fingerprint density at radius 2 is 1.85 bits per heavy atom. The van der Waals surface area contributed by atoms with Crippen LogP contribution in [0, 0.1) is 0 Å².